The molecule has 0 radical (unpaired) electrons. The van der Waals surface area contributed by atoms with Crippen LogP contribution < -0.4 is 4.74 Å². The molecule has 1 N–H and O–H groups in total. The molecule has 0 bridgehead atoms. The molecule has 2 aromatic carbocycles. The maximum Gasteiger partial charge on any atom is 0.358 e. The highest BCUT2D eigenvalue weighted by molar-refractivity contribution is 5.92. The third-order valence-corrected chi connectivity index (χ3v) is 3.35. The number of aromatic carboxylic acids is 1. The molecule has 1 heterocycles. The Balaban J connectivity index is 2.29. The Bertz CT molecular complexity index is 834. The fourth-order valence-corrected chi connectivity index (χ4v) is 2.30. The zero-order valence-corrected chi connectivity index (χ0v) is 12.4. The molecular formula is C18H14N2O3. The van der Waals surface area contributed by atoms with Crippen LogP contribution in [-0.2, 0) is 0 Å². The van der Waals surface area contributed by atoms with Crippen LogP contribution >= 0.6 is 0 Å². The molecule has 0 aliphatic heterocycles. The van der Waals surface area contributed by atoms with Crippen molar-refractivity contribution in [3.05, 3.63) is 66.4 Å². The summed E-state index contributed by atoms with van der Waals surface area (Å²) in [6.07, 6.45) is 0. The molecule has 23 heavy (non-hydrogen) atoms. The second-order valence-electron chi connectivity index (χ2n) is 4.81. The first-order chi connectivity index (χ1) is 11.2. The lowest BCUT2D eigenvalue weighted by Crippen LogP contribution is -2.08. The number of carboxylic acids is 1. The molecule has 0 fully saturated rings. The van der Waals surface area contributed by atoms with Gasteiger partial charge in [0.15, 0.2) is 17.3 Å². The van der Waals surface area contributed by atoms with E-state index in [-0.39, 0.29) is 11.4 Å². The van der Waals surface area contributed by atoms with Gasteiger partial charge in [-0.15, -0.1) is 0 Å². The summed E-state index contributed by atoms with van der Waals surface area (Å²) >= 11 is 0. The van der Waals surface area contributed by atoms with E-state index in [1.807, 2.05) is 60.7 Å². The highest BCUT2D eigenvalue weighted by Crippen LogP contribution is 2.32. The van der Waals surface area contributed by atoms with Gasteiger partial charge in [-0.05, 0) is 0 Å². The molecular weight excluding hydrogens is 292 g/mol. The number of methoxy groups -OCH3 is 1. The molecule has 0 aliphatic rings. The Morgan fingerprint density at radius 1 is 0.913 bits per heavy atom. The molecule has 0 saturated heterocycles. The summed E-state index contributed by atoms with van der Waals surface area (Å²) < 4.78 is 5.28. The lowest BCUT2D eigenvalue weighted by atomic mass is 10.1. The van der Waals surface area contributed by atoms with Crippen molar-refractivity contribution in [3.8, 4) is 28.4 Å². The first-order valence-electron chi connectivity index (χ1n) is 7.01. The summed E-state index contributed by atoms with van der Waals surface area (Å²) in [5, 5.41) is 9.47. The summed E-state index contributed by atoms with van der Waals surface area (Å²) in [5.41, 5.74) is 1.82. The van der Waals surface area contributed by atoms with Gasteiger partial charge in [-0.3, -0.25) is 0 Å². The van der Waals surface area contributed by atoms with Crippen molar-refractivity contribution in [1.82, 2.24) is 9.97 Å². The average molecular weight is 306 g/mol. The van der Waals surface area contributed by atoms with Crippen LogP contribution in [0.5, 0.6) is 5.75 Å². The van der Waals surface area contributed by atoms with E-state index in [1.54, 1.807) is 0 Å². The summed E-state index contributed by atoms with van der Waals surface area (Å²) in [6.45, 7) is 0. The standard InChI is InChI=1S/C18H14N2O3/c1-23-16-14(12-8-4-2-5-9-12)19-17(20-15(16)18(21)22)13-10-6-3-7-11-13/h2-11H,1H3,(H,21,22). The Kier molecular flexibility index (Phi) is 4.01. The molecule has 0 saturated carbocycles. The van der Waals surface area contributed by atoms with Gasteiger partial charge in [-0.25, -0.2) is 14.8 Å². The lowest BCUT2D eigenvalue weighted by molar-refractivity contribution is 0.0686. The number of benzene rings is 2. The third kappa shape index (κ3) is 2.89. The number of carboxylic acid groups (broad SMARTS) is 1. The van der Waals surface area contributed by atoms with E-state index < -0.39 is 5.97 Å². The number of rotatable bonds is 4. The Labute approximate surface area is 133 Å². The maximum absolute atomic E-state index is 11.6. The Hall–Kier alpha value is -3.21. The molecule has 3 aromatic rings. The van der Waals surface area contributed by atoms with E-state index >= 15 is 0 Å². The van der Waals surface area contributed by atoms with Gasteiger partial charge in [0.05, 0.1) is 7.11 Å². The number of ether oxygens (including phenoxy) is 1. The minimum Gasteiger partial charge on any atom is -0.492 e. The van der Waals surface area contributed by atoms with Gasteiger partial charge in [-0.2, -0.15) is 0 Å². The minimum atomic E-state index is -1.15. The molecule has 0 spiro atoms. The second kappa shape index (κ2) is 6.27. The van der Waals surface area contributed by atoms with Crippen LogP contribution in [-0.4, -0.2) is 28.2 Å². The number of nitrogens with zero attached hydrogens (tertiary/aromatic N) is 2. The van der Waals surface area contributed by atoms with E-state index in [0.717, 1.165) is 11.1 Å². The average Bonchev–Trinajstić information content (AvgIpc) is 2.62. The van der Waals surface area contributed by atoms with Crippen LogP contribution in [0.2, 0.25) is 0 Å². The van der Waals surface area contributed by atoms with E-state index in [1.165, 1.54) is 7.11 Å². The van der Waals surface area contributed by atoms with Gasteiger partial charge in [0.25, 0.3) is 0 Å². The number of aromatic nitrogens is 2. The maximum atomic E-state index is 11.6. The molecule has 0 atom stereocenters. The summed E-state index contributed by atoms with van der Waals surface area (Å²) in [5.74, 6) is -0.648. The van der Waals surface area contributed by atoms with Crippen molar-refractivity contribution >= 4 is 5.97 Å². The quantitative estimate of drug-likeness (QED) is 0.798. The third-order valence-electron chi connectivity index (χ3n) is 3.35. The number of hydrogen-bond donors (Lipinski definition) is 1. The van der Waals surface area contributed by atoms with Crippen molar-refractivity contribution in [2.45, 2.75) is 0 Å². The van der Waals surface area contributed by atoms with Crippen molar-refractivity contribution in [1.29, 1.82) is 0 Å². The van der Waals surface area contributed by atoms with E-state index in [9.17, 15) is 9.90 Å². The zero-order valence-electron chi connectivity index (χ0n) is 12.4. The fraction of sp³-hybridized carbons (Fsp3) is 0.0556. The minimum absolute atomic E-state index is 0.153. The van der Waals surface area contributed by atoms with Gasteiger partial charge in [-0.1, -0.05) is 60.7 Å². The monoisotopic (exact) mass is 306 g/mol. The first kappa shape index (κ1) is 14.7. The first-order valence-corrected chi connectivity index (χ1v) is 7.01. The second-order valence-corrected chi connectivity index (χ2v) is 4.81. The van der Waals surface area contributed by atoms with Crippen LogP contribution in [0.25, 0.3) is 22.6 Å². The van der Waals surface area contributed by atoms with Gasteiger partial charge in [0.1, 0.15) is 5.69 Å². The molecule has 5 heteroatoms. The van der Waals surface area contributed by atoms with Crippen LogP contribution in [0.3, 0.4) is 0 Å². The molecule has 0 unspecified atom stereocenters. The SMILES string of the molecule is COc1c(C(=O)O)nc(-c2ccccc2)nc1-c1ccccc1. The van der Waals surface area contributed by atoms with Crippen LogP contribution in [0.4, 0.5) is 0 Å². The Morgan fingerprint density at radius 2 is 1.48 bits per heavy atom. The largest absolute Gasteiger partial charge is 0.492 e. The van der Waals surface area contributed by atoms with E-state index in [2.05, 4.69) is 9.97 Å². The Morgan fingerprint density at radius 3 is 2.00 bits per heavy atom. The molecule has 0 aliphatic carbocycles. The molecule has 0 amide bonds. The van der Waals surface area contributed by atoms with Crippen LogP contribution in [0, 0.1) is 0 Å². The fourth-order valence-electron chi connectivity index (χ4n) is 2.30. The van der Waals surface area contributed by atoms with Gasteiger partial charge in [0.2, 0.25) is 0 Å². The summed E-state index contributed by atoms with van der Waals surface area (Å²) in [4.78, 5) is 20.3. The van der Waals surface area contributed by atoms with Gasteiger partial charge < -0.3 is 9.84 Å². The highest BCUT2D eigenvalue weighted by Gasteiger charge is 2.22. The van der Waals surface area contributed by atoms with Gasteiger partial charge >= 0.3 is 5.97 Å². The lowest BCUT2D eigenvalue weighted by Gasteiger charge is -2.12. The molecule has 114 valence electrons. The molecule has 1 aromatic heterocycles. The molecule has 3 rings (SSSR count). The summed E-state index contributed by atoms with van der Waals surface area (Å²) in [6, 6.07) is 18.6. The van der Waals surface area contributed by atoms with E-state index in [4.69, 9.17) is 4.74 Å². The van der Waals surface area contributed by atoms with E-state index in [0.29, 0.717) is 11.5 Å². The van der Waals surface area contributed by atoms with Crippen molar-refractivity contribution < 1.29 is 14.6 Å². The number of carbonyl (C=O) groups is 1. The molecule has 5 nitrogen and oxygen atoms in total. The van der Waals surface area contributed by atoms with Gasteiger partial charge in [0, 0.05) is 11.1 Å². The number of hydrogen-bond acceptors (Lipinski definition) is 4. The van der Waals surface area contributed by atoms with Crippen LogP contribution in [0.1, 0.15) is 10.5 Å². The zero-order chi connectivity index (χ0) is 16.2. The highest BCUT2D eigenvalue weighted by atomic mass is 16.5. The van der Waals surface area contributed by atoms with Crippen molar-refractivity contribution in [3.63, 3.8) is 0 Å². The predicted octanol–water partition coefficient (Wildman–Crippen LogP) is 3.52. The van der Waals surface area contributed by atoms with Crippen molar-refractivity contribution in [2.75, 3.05) is 7.11 Å². The summed E-state index contributed by atoms with van der Waals surface area (Å²) in [7, 11) is 1.42. The van der Waals surface area contributed by atoms with Crippen molar-refractivity contribution in [2.24, 2.45) is 0 Å². The van der Waals surface area contributed by atoms with Crippen LogP contribution in [0.15, 0.2) is 60.7 Å². The normalized spacial score (nSPS) is 10.3. The topological polar surface area (TPSA) is 72.3 Å². The smallest absolute Gasteiger partial charge is 0.358 e. The predicted molar refractivity (Wildman–Crippen MR) is 86.4 cm³/mol.